The van der Waals surface area contributed by atoms with Crippen molar-refractivity contribution < 1.29 is 35.9 Å². The highest BCUT2D eigenvalue weighted by Gasteiger charge is 2.31. The van der Waals surface area contributed by atoms with Crippen LogP contribution in [0.1, 0.15) is 58.9 Å². The standard InChI is InChI=1S/C24H25F3N4O5S/c1-3-36-24(33)18-11-17(12-28)22(29-20(18)21(26)27)31-8-6-16(7-9-31)23(32)30-37(34,35)13-15-4-5-19(25)14(2)10-15/h4-5,10-11,16,21H,3,6-9,13H2,1-2H3,(H,30,32). The molecular weight excluding hydrogens is 513 g/mol. The van der Waals surface area contributed by atoms with E-state index in [1.165, 1.54) is 26.0 Å². The van der Waals surface area contributed by atoms with Gasteiger partial charge >= 0.3 is 5.97 Å². The molecule has 3 rings (SSSR count). The summed E-state index contributed by atoms with van der Waals surface area (Å²) < 4.78 is 72.5. The van der Waals surface area contributed by atoms with Crippen molar-refractivity contribution in [3.63, 3.8) is 0 Å². The lowest BCUT2D eigenvalue weighted by atomic mass is 9.96. The number of carbonyl (C=O) groups excluding carboxylic acids is 2. The van der Waals surface area contributed by atoms with E-state index in [0.29, 0.717) is 5.56 Å². The van der Waals surface area contributed by atoms with Crippen LogP contribution in [0.4, 0.5) is 19.0 Å². The maximum atomic E-state index is 13.6. The van der Waals surface area contributed by atoms with Crippen LogP contribution in [-0.2, 0) is 25.3 Å². The van der Waals surface area contributed by atoms with E-state index >= 15 is 0 Å². The van der Waals surface area contributed by atoms with Gasteiger partial charge in [0.15, 0.2) is 0 Å². The van der Waals surface area contributed by atoms with Crippen LogP contribution in [0.5, 0.6) is 0 Å². The second-order valence-electron chi connectivity index (χ2n) is 8.50. The number of rotatable bonds is 8. The van der Waals surface area contributed by atoms with Crippen molar-refractivity contribution >= 4 is 27.7 Å². The molecule has 13 heteroatoms. The highest BCUT2D eigenvalue weighted by atomic mass is 32.2. The lowest BCUT2D eigenvalue weighted by molar-refractivity contribution is -0.123. The van der Waals surface area contributed by atoms with Crippen LogP contribution in [-0.4, -0.2) is 45.0 Å². The number of aryl methyl sites for hydroxylation is 1. The van der Waals surface area contributed by atoms with Gasteiger partial charge in [0.25, 0.3) is 6.43 Å². The minimum absolute atomic E-state index is 0.0417. The predicted molar refractivity (Wildman–Crippen MR) is 127 cm³/mol. The molecule has 2 aromatic rings. The van der Waals surface area contributed by atoms with Gasteiger partial charge in [-0.3, -0.25) is 9.52 Å². The first-order chi connectivity index (χ1) is 17.5. The summed E-state index contributed by atoms with van der Waals surface area (Å²) in [5.74, 6) is -3.43. The number of carbonyl (C=O) groups is 2. The lowest BCUT2D eigenvalue weighted by Gasteiger charge is -2.33. The zero-order valence-electron chi connectivity index (χ0n) is 20.1. The van der Waals surface area contributed by atoms with E-state index in [4.69, 9.17) is 4.74 Å². The number of hydrogen-bond acceptors (Lipinski definition) is 8. The second-order valence-corrected chi connectivity index (χ2v) is 10.2. The average molecular weight is 539 g/mol. The molecule has 1 fully saturated rings. The summed E-state index contributed by atoms with van der Waals surface area (Å²) in [5.41, 5.74) is -0.804. The number of alkyl halides is 2. The fourth-order valence-corrected chi connectivity index (χ4v) is 5.19. The van der Waals surface area contributed by atoms with Crippen LogP contribution in [0.3, 0.4) is 0 Å². The summed E-state index contributed by atoms with van der Waals surface area (Å²) in [6.07, 6.45) is -2.75. The molecule has 9 nitrogen and oxygen atoms in total. The second kappa shape index (κ2) is 11.6. The molecule has 0 bridgehead atoms. The van der Waals surface area contributed by atoms with E-state index in [9.17, 15) is 36.4 Å². The summed E-state index contributed by atoms with van der Waals surface area (Å²) >= 11 is 0. The fraction of sp³-hybridized carbons (Fsp3) is 0.417. The molecule has 0 saturated carbocycles. The van der Waals surface area contributed by atoms with Crippen molar-refractivity contribution in [2.75, 3.05) is 24.6 Å². The van der Waals surface area contributed by atoms with E-state index in [1.807, 2.05) is 10.8 Å². The number of anilines is 1. The number of aromatic nitrogens is 1. The Morgan fingerprint density at radius 1 is 1.27 bits per heavy atom. The molecule has 1 aliphatic rings. The van der Waals surface area contributed by atoms with Gasteiger partial charge < -0.3 is 9.64 Å². The number of halogens is 3. The van der Waals surface area contributed by atoms with Crippen molar-refractivity contribution in [3.8, 4) is 6.07 Å². The van der Waals surface area contributed by atoms with Gasteiger partial charge in [-0.1, -0.05) is 12.1 Å². The first-order valence-electron chi connectivity index (χ1n) is 11.4. The maximum absolute atomic E-state index is 13.6. The summed E-state index contributed by atoms with van der Waals surface area (Å²) in [7, 11) is -4.04. The SMILES string of the molecule is CCOC(=O)c1cc(C#N)c(N2CCC(C(=O)NS(=O)(=O)Cc3ccc(F)c(C)c3)CC2)nc1C(F)F. The first-order valence-corrected chi connectivity index (χ1v) is 13.1. The summed E-state index contributed by atoms with van der Waals surface area (Å²) in [4.78, 5) is 30.1. The quantitative estimate of drug-likeness (QED) is 0.507. The van der Waals surface area contributed by atoms with Crippen molar-refractivity contribution in [2.24, 2.45) is 5.92 Å². The number of esters is 1. The van der Waals surface area contributed by atoms with E-state index in [1.54, 1.807) is 4.90 Å². The van der Waals surface area contributed by atoms with Gasteiger partial charge in [-0.2, -0.15) is 5.26 Å². The smallest absolute Gasteiger partial charge is 0.340 e. The molecule has 2 heterocycles. The molecule has 1 aromatic carbocycles. The Balaban J connectivity index is 1.70. The Labute approximate surface area is 212 Å². The van der Waals surface area contributed by atoms with Gasteiger partial charge in [0.05, 0.1) is 23.5 Å². The minimum atomic E-state index is -4.04. The maximum Gasteiger partial charge on any atom is 0.340 e. The number of piperidine rings is 1. The molecule has 0 radical (unpaired) electrons. The molecule has 37 heavy (non-hydrogen) atoms. The number of sulfonamides is 1. The summed E-state index contributed by atoms with van der Waals surface area (Å²) in [6, 6.07) is 6.74. The average Bonchev–Trinajstić information content (AvgIpc) is 2.85. The third kappa shape index (κ3) is 6.76. The van der Waals surface area contributed by atoms with Crippen LogP contribution in [0, 0.1) is 30.0 Å². The van der Waals surface area contributed by atoms with Gasteiger partial charge in [-0.25, -0.2) is 31.4 Å². The molecular formula is C24H25F3N4O5S. The number of benzene rings is 1. The molecule has 0 unspecified atom stereocenters. The van der Waals surface area contributed by atoms with Gasteiger partial charge in [0, 0.05) is 19.0 Å². The number of pyridine rings is 1. The molecule has 198 valence electrons. The lowest BCUT2D eigenvalue weighted by Crippen LogP contribution is -2.43. The molecule has 1 saturated heterocycles. The first kappa shape index (κ1) is 27.9. The molecule has 1 aliphatic heterocycles. The van der Waals surface area contributed by atoms with E-state index < -0.39 is 57.1 Å². The number of hydrogen-bond donors (Lipinski definition) is 1. The Morgan fingerprint density at radius 2 is 1.95 bits per heavy atom. The number of nitriles is 1. The number of nitrogens with zero attached hydrogens (tertiary/aromatic N) is 3. The largest absolute Gasteiger partial charge is 0.462 e. The van der Waals surface area contributed by atoms with Crippen LogP contribution < -0.4 is 9.62 Å². The van der Waals surface area contributed by atoms with Gasteiger partial charge in [-0.05, 0) is 49.9 Å². The monoisotopic (exact) mass is 538 g/mol. The van der Waals surface area contributed by atoms with Crippen molar-refractivity contribution in [2.45, 2.75) is 38.9 Å². The topological polar surface area (TPSA) is 129 Å². The van der Waals surface area contributed by atoms with Crippen molar-refractivity contribution in [3.05, 3.63) is 58.0 Å². The van der Waals surface area contributed by atoms with Crippen LogP contribution in [0.15, 0.2) is 24.3 Å². The molecule has 0 aliphatic carbocycles. The predicted octanol–water partition coefficient (Wildman–Crippen LogP) is 3.38. The highest BCUT2D eigenvalue weighted by Crippen LogP contribution is 2.30. The molecule has 0 atom stereocenters. The Hall–Kier alpha value is -3.66. The zero-order valence-corrected chi connectivity index (χ0v) is 20.9. The normalized spacial score (nSPS) is 14.4. The zero-order chi connectivity index (χ0) is 27.3. The molecule has 1 amide bonds. The van der Waals surface area contributed by atoms with Gasteiger partial charge in [-0.15, -0.1) is 0 Å². The summed E-state index contributed by atoms with van der Waals surface area (Å²) in [5, 5.41) is 9.53. The number of amides is 1. The third-order valence-corrected chi connectivity index (χ3v) is 7.08. The van der Waals surface area contributed by atoms with E-state index in [-0.39, 0.29) is 49.5 Å². The number of ether oxygens (including phenoxy) is 1. The van der Waals surface area contributed by atoms with E-state index in [0.717, 1.165) is 12.1 Å². The molecule has 1 aromatic heterocycles. The minimum Gasteiger partial charge on any atom is -0.462 e. The van der Waals surface area contributed by atoms with Gasteiger partial charge in [0.2, 0.25) is 15.9 Å². The van der Waals surface area contributed by atoms with Crippen molar-refractivity contribution in [1.29, 1.82) is 5.26 Å². The highest BCUT2D eigenvalue weighted by molar-refractivity contribution is 7.89. The van der Waals surface area contributed by atoms with E-state index in [2.05, 4.69) is 4.98 Å². The number of nitrogens with one attached hydrogen (secondary N) is 1. The van der Waals surface area contributed by atoms with Crippen molar-refractivity contribution in [1.82, 2.24) is 9.71 Å². The Kier molecular flexibility index (Phi) is 8.75. The summed E-state index contributed by atoms with van der Waals surface area (Å²) in [6.45, 7) is 3.25. The third-order valence-electron chi connectivity index (χ3n) is 5.85. The molecule has 0 spiro atoms. The Bertz CT molecular complexity index is 1340. The van der Waals surface area contributed by atoms with Gasteiger partial charge in [0.1, 0.15) is 23.4 Å². The van der Waals surface area contributed by atoms with Crippen LogP contribution in [0.2, 0.25) is 0 Å². The van der Waals surface area contributed by atoms with Crippen LogP contribution in [0.25, 0.3) is 0 Å². The fourth-order valence-electron chi connectivity index (χ4n) is 4.02. The van der Waals surface area contributed by atoms with Crippen LogP contribution >= 0.6 is 0 Å². The molecule has 1 N–H and O–H groups in total. The Morgan fingerprint density at radius 3 is 2.51 bits per heavy atom.